The van der Waals surface area contributed by atoms with Gasteiger partial charge in [0.2, 0.25) is 0 Å². The number of halogens is 1. The lowest BCUT2D eigenvalue weighted by Crippen LogP contribution is -2.47. The van der Waals surface area contributed by atoms with Gasteiger partial charge >= 0.3 is 0 Å². The molecule has 2 atom stereocenters. The minimum atomic E-state index is 0.645. The van der Waals surface area contributed by atoms with Crippen LogP contribution in [-0.2, 0) is 0 Å². The summed E-state index contributed by atoms with van der Waals surface area (Å²) in [6.45, 7) is 1.08. The third-order valence-corrected chi connectivity index (χ3v) is 4.46. The van der Waals surface area contributed by atoms with Crippen LogP contribution in [0.25, 0.3) is 0 Å². The Kier molecular flexibility index (Phi) is 3.19. The van der Waals surface area contributed by atoms with E-state index < -0.39 is 0 Å². The van der Waals surface area contributed by atoms with E-state index >= 15 is 0 Å². The number of hydrogen-bond donors (Lipinski definition) is 0. The van der Waals surface area contributed by atoms with Gasteiger partial charge in [-0.05, 0) is 37.7 Å². The third kappa shape index (κ3) is 2.13. The van der Waals surface area contributed by atoms with Crippen molar-refractivity contribution in [2.45, 2.75) is 44.6 Å². The Balaban J connectivity index is 1.88. The van der Waals surface area contributed by atoms with Gasteiger partial charge in [-0.2, -0.15) is 5.10 Å². The molecule has 2 aliphatic rings. The zero-order valence-electron chi connectivity index (χ0n) is 9.98. The summed E-state index contributed by atoms with van der Waals surface area (Å²) in [5, 5.41) is 8.96. The molecule has 4 heteroatoms. The van der Waals surface area contributed by atoms with Crippen LogP contribution in [-0.4, -0.2) is 22.8 Å². The summed E-state index contributed by atoms with van der Waals surface area (Å²) in [6.07, 6.45) is 9.69. The Morgan fingerprint density at radius 3 is 2.88 bits per heavy atom. The normalized spacial score (nSPS) is 28.9. The summed E-state index contributed by atoms with van der Waals surface area (Å²) in [4.78, 5) is 2.41. The van der Waals surface area contributed by atoms with E-state index in [1.807, 2.05) is 6.07 Å². The summed E-state index contributed by atoms with van der Waals surface area (Å²) in [6, 6.07) is 2.49. The zero-order chi connectivity index (χ0) is 11.7. The van der Waals surface area contributed by atoms with Crippen molar-refractivity contribution in [2.24, 2.45) is 5.92 Å². The minimum absolute atomic E-state index is 0.645. The highest BCUT2D eigenvalue weighted by atomic mass is 35.5. The third-order valence-electron chi connectivity index (χ3n) is 4.17. The first-order chi connectivity index (χ1) is 8.36. The van der Waals surface area contributed by atoms with Crippen molar-refractivity contribution < 1.29 is 0 Å². The average molecular weight is 252 g/mol. The lowest BCUT2D eigenvalue weighted by Gasteiger charge is -2.44. The van der Waals surface area contributed by atoms with Crippen LogP contribution in [0.15, 0.2) is 12.3 Å². The van der Waals surface area contributed by atoms with Crippen LogP contribution >= 0.6 is 11.6 Å². The first-order valence-electron chi connectivity index (χ1n) is 6.60. The first-order valence-corrected chi connectivity index (χ1v) is 6.98. The van der Waals surface area contributed by atoms with Crippen LogP contribution in [0.4, 0.5) is 5.82 Å². The van der Waals surface area contributed by atoms with Crippen LogP contribution in [0.1, 0.15) is 38.5 Å². The number of piperidine rings is 1. The molecule has 1 aliphatic heterocycles. The number of fused-ring (bicyclic) bond motifs is 1. The molecule has 3 nitrogen and oxygen atoms in total. The quantitative estimate of drug-likeness (QED) is 0.767. The fourth-order valence-electron chi connectivity index (χ4n) is 3.39. The SMILES string of the molecule is Clc1ccnnc1N1CCCC2CCCCC21. The van der Waals surface area contributed by atoms with E-state index in [1.54, 1.807) is 6.20 Å². The monoisotopic (exact) mass is 251 g/mol. The molecule has 2 fully saturated rings. The summed E-state index contributed by atoms with van der Waals surface area (Å²) >= 11 is 6.24. The van der Waals surface area contributed by atoms with Gasteiger partial charge in [-0.15, -0.1) is 5.10 Å². The van der Waals surface area contributed by atoms with Crippen LogP contribution < -0.4 is 4.90 Å². The maximum Gasteiger partial charge on any atom is 0.170 e. The van der Waals surface area contributed by atoms with Gasteiger partial charge in [-0.1, -0.05) is 24.4 Å². The highest BCUT2D eigenvalue weighted by molar-refractivity contribution is 6.32. The maximum absolute atomic E-state index is 6.24. The van der Waals surface area contributed by atoms with Crippen molar-refractivity contribution in [3.8, 4) is 0 Å². The van der Waals surface area contributed by atoms with Gasteiger partial charge in [0.1, 0.15) is 0 Å². The zero-order valence-corrected chi connectivity index (χ0v) is 10.7. The van der Waals surface area contributed by atoms with Gasteiger partial charge in [0.15, 0.2) is 5.82 Å². The van der Waals surface area contributed by atoms with Gasteiger partial charge in [-0.3, -0.25) is 0 Å². The van der Waals surface area contributed by atoms with E-state index in [1.165, 1.54) is 38.5 Å². The van der Waals surface area contributed by atoms with Gasteiger partial charge in [0, 0.05) is 12.6 Å². The van der Waals surface area contributed by atoms with Crippen molar-refractivity contribution >= 4 is 17.4 Å². The molecule has 0 spiro atoms. The van der Waals surface area contributed by atoms with Gasteiger partial charge in [0.05, 0.1) is 11.2 Å². The number of anilines is 1. The molecule has 0 bridgehead atoms. The molecule has 1 saturated carbocycles. The average Bonchev–Trinajstić information content (AvgIpc) is 2.39. The van der Waals surface area contributed by atoms with E-state index in [9.17, 15) is 0 Å². The second-order valence-corrected chi connectivity index (χ2v) is 5.56. The predicted octanol–water partition coefficient (Wildman–Crippen LogP) is 3.29. The number of nitrogens with zero attached hydrogens (tertiary/aromatic N) is 3. The van der Waals surface area contributed by atoms with Crippen molar-refractivity contribution in [2.75, 3.05) is 11.4 Å². The standard InChI is InChI=1S/C13H18ClN3/c14-11-7-8-15-16-13(11)17-9-3-5-10-4-1-2-6-12(10)17/h7-8,10,12H,1-6,9H2. The number of aromatic nitrogens is 2. The molecule has 17 heavy (non-hydrogen) atoms. The Morgan fingerprint density at radius 2 is 2.00 bits per heavy atom. The van der Waals surface area contributed by atoms with Crippen molar-refractivity contribution in [3.05, 3.63) is 17.3 Å². The fraction of sp³-hybridized carbons (Fsp3) is 0.692. The molecular formula is C13H18ClN3. The van der Waals surface area contributed by atoms with E-state index in [2.05, 4.69) is 15.1 Å². The molecule has 0 N–H and O–H groups in total. The molecule has 2 heterocycles. The van der Waals surface area contributed by atoms with Crippen LogP contribution in [0.3, 0.4) is 0 Å². The summed E-state index contributed by atoms with van der Waals surface area (Å²) in [7, 11) is 0. The van der Waals surface area contributed by atoms with Crippen molar-refractivity contribution in [3.63, 3.8) is 0 Å². The Hall–Kier alpha value is -0.830. The fourth-order valence-corrected chi connectivity index (χ4v) is 3.59. The first kappa shape index (κ1) is 11.3. The minimum Gasteiger partial charge on any atom is -0.351 e. The molecule has 0 amide bonds. The maximum atomic E-state index is 6.24. The second-order valence-electron chi connectivity index (χ2n) is 5.15. The molecule has 1 aromatic rings. The highest BCUT2D eigenvalue weighted by Crippen LogP contribution is 2.38. The van der Waals surface area contributed by atoms with Crippen molar-refractivity contribution in [1.82, 2.24) is 10.2 Å². The molecule has 3 rings (SSSR count). The van der Waals surface area contributed by atoms with Crippen LogP contribution in [0.5, 0.6) is 0 Å². The Bertz CT molecular complexity index is 394. The Morgan fingerprint density at radius 1 is 1.18 bits per heavy atom. The molecule has 92 valence electrons. The summed E-state index contributed by atoms with van der Waals surface area (Å²) in [5.41, 5.74) is 0. The molecule has 0 aromatic carbocycles. The molecular weight excluding hydrogens is 234 g/mol. The van der Waals surface area contributed by atoms with Gasteiger partial charge in [0.25, 0.3) is 0 Å². The highest BCUT2D eigenvalue weighted by Gasteiger charge is 2.34. The van der Waals surface area contributed by atoms with E-state index in [0.717, 1.165) is 23.3 Å². The summed E-state index contributed by atoms with van der Waals surface area (Å²) < 4.78 is 0. The predicted molar refractivity (Wildman–Crippen MR) is 69.4 cm³/mol. The molecule has 1 saturated heterocycles. The molecule has 1 aliphatic carbocycles. The van der Waals surface area contributed by atoms with Crippen molar-refractivity contribution in [1.29, 1.82) is 0 Å². The van der Waals surface area contributed by atoms with E-state index in [4.69, 9.17) is 11.6 Å². The van der Waals surface area contributed by atoms with E-state index in [0.29, 0.717) is 6.04 Å². The van der Waals surface area contributed by atoms with Crippen LogP contribution in [0.2, 0.25) is 5.02 Å². The molecule has 0 radical (unpaired) electrons. The summed E-state index contributed by atoms with van der Waals surface area (Å²) in [5.74, 6) is 1.74. The Labute approximate surface area is 107 Å². The lowest BCUT2D eigenvalue weighted by atomic mass is 9.78. The van der Waals surface area contributed by atoms with E-state index in [-0.39, 0.29) is 0 Å². The van der Waals surface area contributed by atoms with Gasteiger partial charge < -0.3 is 4.90 Å². The topological polar surface area (TPSA) is 29.0 Å². The smallest absolute Gasteiger partial charge is 0.170 e. The number of hydrogen-bond acceptors (Lipinski definition) is 3. The lowest BCUT2D eigenvalue weighted by molar-refractivity contribution is 0.242. The van der Waals surface area contributed by atoms with Gasteiger partial charge in [-0.25, -0.2) is 0 Å². The number of rotatable bonds is 1. The largest absolute Gasteiger partial charge is 0.351 e. The molecule has 1 aromatic heterocycles. The van der Waals surface area contributed by atoms with Crippen LogP contribution in [0, 0.1) is 5.92 Å². The second kappa shape index (κ2) is 4.81. The molecule has 2 unspecified atom stereocenters.